The highest BCUT2D eigenvalue weighted by atomic mass is 16.5. The number of benzene rings is 1. The number of nitrogens with one attached hydrogen (secondary N) is 1. The molecule has 0 amide bonds. The molecule has 5 nitrogen and oxygen atoms in total. The lowest BCUT2D eigenvalue weighted by Gasteiger charge is -2.12. The number of methoxy groups -OCH3 is 1. The zero-order chi connectivity index (χ0) is 14.3. The van der Waals surface area contributed by atoms with Crippen LogP contribution in [0.1, 0.15) is 17.5 Å². The van der Waals surface area contributed by atoms with Gasteiger partial charge in [-0.05, 0) is 31.5 Å². The summed E-state index contributed by atoms with van der Waals surface area (Å²) in [5.74, 6) is -0.145. The van der Waals surface area contributed by atoms with Gasteiger partial charge in [-0.2, -0.15) is 0 Å². The Kier molecular flexibility index (Phi) is 6.32. The van der Waals surface area contributed by atoms with Gasteiger partial charge in [-0.25, -0.2) is 0 Å². The van der Waals surface area contributed by atoms with E-state index in [-0.39, 0.29) is 13.0 Å². The topological polar surface area (TPSA) is 78.8 Å². The molecule has 5 heteroatoms. The summed E-state index contributed by atoms with van der Waals surface area (Å²) >= 11 is 0. The maximum Gasteiger partial charge on any atom is 0.306 e. The first kappa shape index (κ1) is 15.5. The van der Waals surface area contributed by atoms with Crippen molar-refractivity contribution in [3.05, 3.63) is 29.3 Å². The number of aliphatic carboxylic acids is 1. The largest absolute Gasteiger partial charge is 0.496 e. The van der Waals surface area contributed by atoms with E-state index in [2.05, 4.69) is 11.4 Å². The van der Waals surface area contributed by atoms with E-state index in [1.165, 1.54) is 5.56 Å². The quantitative estimate of drug-likeness (QED) is 0.612. The van der Waals surface area contributed by atoms with Gasteiger partial charge in [-0.15, -0.1) is 0 Å². The summed E-state index contributed by atoms with van der Waals surface area (Å²) in [5.41, 5.74) is 2.27. The Balaban J connectivity index is 2.37. The van der Waals surface area contributed by atoms with Gasteiger partial charge in [0, 0.05) is 6.54 Å². The molecule has 0 saturated carbocycles. The molecule has 0 aliphatic heterocycles. The number of aryl methyl sites for hydroxylation is 1. The first-order valence-electron chi connectivity index (χ1n) is 6.27. The molecule has 19 heavy (non-hydrogen) atoms. The van der Waals surface area contributed by atoms with E-state index in [1.54, 1.807) is 7.11 Å². The Morgan fingerprint density at radius 2 is 2.21 bits per heavy atom. The van der Waals surface area contributed by atoms with Crippen molar-refractivity contribution in [2.75, 3.05) is 20.2 Å². The van der Waals surface area contributed by atoms with Gasteiger partial charge < -0.3 is 20.3 Å². The van der Waals surface area contributed by atoms with Gasteiger partial charge in [0.2, 0.25) is 0 Å². The zero-order valence-electron chi connectivity index (χ0n) is 11.3. The maximum absolute atomic E-state index is 10.4. The minimum absolute atomic E-state index is 0.235. The van der Waals surface area contributed by atoms with Crippen LogP contribution in [0.15, 0.2) is 18.2 Å². The van der Waals surface area contributed by atoms with E-state index in [9.17, 15) is 9.90 Å². The second kappa shape index (κ2) is 7.76. The van der Waals surface area contributed by atoms with Crippen molar-refractivity contribution in [1.29, 1.82) is 0 Å². The fourth-order valence-corrected chi connectivity index (χ4v) is 1.87. The highest BCUT2D eigenvalue weighted by Gasteiger charge is 2.09. The van der Waals surface area contributed by atoms with Crippen LogP contribution in [-0.2, 0) is 11.2 Å². The number of carboxylic acids is 1. The fraction of sp³-hybridized carbons (Fsp3) is 0.500. The average molecular weight is 267 g/mol. The predicted octanol–water partition coefficient (Wildman–Crippen LogP) is 0.971. The number of aliphatic hydroxyl groups is 1. The Bertz CT molecular complexity index is 420. The second-order valence-corrected chi connectivity index (χ2v) is 4.52. The van der Waals surface area contributed by atoms with Crippen LogP contribution < -0.4 is 10.1 Å². The smallest absolute Gasteiger partial charge is 0.306 e. The number of hydrogen-bond donors (Lipinski definition) is 3. The Morgan fingerprint density at radius 1 is 1.47 bits per heavy atom. The Labute approximate surface area is 113 Å². The molecule has 1 atom stereocenters. The standard InChI is InChI=1S/C14H21NO4/c1-10-3-4-13(19-2)11(7-10)5-6-15-9-12(16)8-14(17)18/h3-4,7,12,15-16H,5-6,8-9H2,1-2H3,(H,17,18). The number of ether oxygens (including phenoxy) is 1. The number of aliphatic hydroxyl groups excluding tert-OH is 1. The third-order valence-corrected chi connectivity index (χ3v) is 2.80. The summed E-state index contributed by atoms with van der Waals surface area (Å²) in [4.78, 5) is 10.4. The van der Waals surface area contributed by atoms with E-state index in [0.717, 1.165) is 17.7 Å². The molecular formula is C14H21NO4. The van der Waals surface area contributed by atoms with Gasteiger partial charge in [0.05, 0.1) is 19.6 Å². The molecule has 3 N–H and O–H groups in total. The van der Waals surface area contributed by atoms with E-state index in [0.29, 0.717) is 6.54 Å². The van der Waals surface area contributed by atoms with Crippen molar-refractivity contribution in [3.63, 3.8) is 0 Å². The highest BCUT2D eigenvalue weighted by molar-refractivity contribution is 5.67. The van der Waals surface area contributed by atoms with E-state index < -0.39 is 12.1 Å². The van der Waals surface area contributed by atoms with Gasteiger partial charge in [0.15, 0.2) is 0 Å². The third-order valence-electron chi connectivity index (χ3n) is 2.80. The van der Waals surface area contributed by atoms with Gasteiger partial charge in [-0.3, -0.25) is 4.79 Å². The minimum Gasteiger partial charge on any atom is -0.496 e. The molecule has 0 saturated heterocycles. The van der Waals surface area contributed by atoms with Crippen molar-refractivity contribution in [2.45, 2.75) is 25.9 Å². The van der Waals surface area contributed by atoms with Gasteiger partial charge >= 0.3 is 5.97 Å². The average Bonchev–Trinajstić information content (AvgIpc) is 2.34. The molecule has 1 unspecified atom stereocenters. The summed E-state index contributed by atoms with van der Waals surface area (Å²) in [6, 6.07) is 5.99. The summed E-state index contributed by atoms with van der Waals surface area (Å²) in [5, 5.41) is 20.9. The first-order chi connectivity index (χ1) is 9.02. The maximum atomic E-state index is 10.4. The molecule has 0 heterocycles. The van der Waals surface area contributed by atoms with Crippen molar-refractivity contribution in [2.24, 2.45) is 0 Å². The molecule has 0 spiro atoms. The zero-order valence-corrected chi connectivity index (χ0v) is 11.3. The number of hydrogen-bond acceptors (Lipinski definition) is 4. The third kappa shape index (κ3) is 5.72. The summed E-state index contributed by atoms with van der Waals surface area (Å²) in [7, 11) is 1.64. The molecule has 0 aliphatic rings. The Hall–Kier alpha value is -1.59. The SMILES string of the molecule is COc1ccc(C)cc1CCNCC(O)CC(=O)O. The van der Waals surface area contributed by atoms with Crippen LogP contribution in [0.4, 0.5) is 0 Å². The van der Waals surface area contributed by atoms with Gasteiger partial charge in [-0.1, -0.05) is 17.7 Å². The van der Waals surface area contributed by atoms with Crippen LogP contribution in [0, 0.1) is 6.92 Å². The second-order valence-electron chi connectivity index (χ2n) is 4.52. The summed E-state index contributed by atoms with van der Waals surface area (Å²) in [6.45, 7) is 2.96. The molecule has 0 aliphatic carbocycles. The fourth-order valence-electron chi connectivity index (χ4n) is 1.87. The molecule has 1 aromatic carbocycles. The lowest BCUT2D eigenvalue weighted by molar-refractivity contribution is -0.139. The van der Waals surface area contributed by atoms with Crippen molar-refractivity contribution < 1.29 is 19.7 Å². The molecular weight excluding hydrogens is 246 g/mol. The summed E-state index contributed by atoms with van der Waals surface area (Å²) < 4.78 is 5.28. The van der Waals surface area contributed by atoms with Gasteiger partial charge in [0.25, 0.3) is 0 Å². The molecule has 1 rings (SSSR count). The Morgan fingerprint density at radius 3 is 2.84 bits per heavy atom. The van der Waals surface area contributed by atoms with E-state index >= 15 is 0 Å². The van der Waals surface area contributed by atoms with Crippen LogP contribution in [0.5, 0.6) is 5.75 Å². The lowest BCUT2D eigenvalue weighted by atomic mass is 10.1. The molecule has 0 aromatic heterocycles. The van der Waals surface area contributed by atoms with E-state index in [4.69, 9.17) is 9.84 Å². The molecule has 1 aromatic rings. The monoisotopic (exact) mass is 267 g/mol. The van der Waals surface area contributed by atoms with Crippen LogP contribution in [0.25, 0.3) is 0 Å². The van der Waals surface area contributed by atoms with Crippen LogP contribution >= 0.6 is 0 Å². The number of rotatable bonds is 8. The van der Waals surface area contributed by atoms with E-state index in [1.807, 2.05) is 19.1 Å². The molecule has 0 bridgehead atoms. The highest BCUT2D eigenvalue weighted by Crippen LogP contribution is 2.19. The minimum atomic E-state index is -0.991. The van der Waals surface area contributed by atoms with Crippen molar-refractivity contribution >= 4 is 5.97 Å². The molecule has 0 radical (unpaired) electrons. The predicted molar refractivity (Wildman–Crippen MR) is 72.6 cm³/mol. The van der Waals surface area contributed by atoms with Gasteiger partial charge in [0.1, 0.15) is 5.75 Å². The van der Waals surface area contributed by atoms with Crippen molar-refractivity contribution in [3.8, 4) is 5.75 Å². The molecule has 0 fully saturated rings. The molecule has 106 valence electrons. The number of carbonyl (C=O) groups is 1. The summed E-state index contributed by atoms with van der Waals surface area (Å²) in [6.07, 6.45) is -0.317. The van der Waals surface area contributed by atoms with Crippen LogP contribution in [0.3, 0.4) is 0 Å². The van der Waals surface area contributed by atoms with Crippen LogP contribution in [-0.4, -0.2) is 42.5 Å². The first-order valence-corrected chi connectivity index (χ1v) is 6.27. The normalized spacial score (nSPS) is 12.2. The van der Waals surface area contributed by atoms with Crippen LogP contribution in [0.2, 0.25) is 0 Å². The lowest BCUT2D eigenvalue weighted by Crippen LogP contribution is -2.30. The van der Waals surface area contributed by atoms with Crippen molar-refractivity contribution in [1.82, 2.24) is 5.32 Å². The number of carboxylic acid groups (broad SMARTS) is 1.